The number of allylic oxidation sites excluding steroid dienone is 1. The first-order valence-corrected chi connectivity index (χ1v) is 12.5. The number of nitrogens with one attached hydrogen (secondary N) is 2. The number of benzene rings is 1. The molecule has 2 aromatic rings. The van der Waals surface area contributed by atoms with Crippen LogP contribution in [0.4, 0.5) is 5.82 Å². The van der Waals surface area contributed by atoms with Crippen LogP contribution in [-0.2, 0) is 6.42 Å². The van der Waals surface area contributed by atoms with Gasteiger partial charge in [-0.15, -0.1) is 0 Å². The smallest absolute Gasteiger partial charge is 0.259 e. The van der Waals surface area contributed by atoms with Crippen molar-refractivity contribution < 1.29 is 4.79 Å². The number of rotatable bonds is 9. The largest absolute Gasteiger partial charge is 0.384 e. The fourth-order valence-electron chi connectivity index (χ4n) is 4.26. The minimum atomic E-state index is -0.0579. The van der Waals surface area contributed by atoms with Crippen molar-refractivity contribution in [2.45, 2.75) is 46.0 Å². The fourth-order valence-corrected chi connectivity index (χ4v) is 4.92. The number of hydrogen-bond acceptors (Lipinski definition) is 4. The number of carbonyl (C=O) groups is 1. The molecule has 2 N–H and O–H groups in total. The molecule has 3 rings (SSSR count). The molecule has 1 amide bonds. The Morgan fingerprint density at radius 3 is 2.72 bits per heavy atom. The average Bonchev–Trinajstić information content (AvgIpc) is 3.19. The van der Waals surface area contributed by atoms with E-state index in [-0.39, 0.29) is 5.91 Å². The molecule has 0 radical (unpaired) electrons. The normalized spacial score (nSPS) is 15.7. The Morgan fingerprint density at radius 1 is 1.31 bits per heavy atom. The Kier molecular flexibility index (Phi) is 8.93. The van der Waals surface area contributed by atoms with E-state index in [1.165, 1.54) is 32.4 Å². The van der Waals surface area contributed by atoms with Crippen molar-refractivity contribution in [3.05, 3.63) is 51.6 Å². The Hall–Kier alpha value is -2.12. The highest BCUT2D eigenvalue weighted by Crippen LogP contribution is 2.31. The van der Waals surface area contributed by atoms with Crippen LogP contribution in [0.1, 0.15) is 61.1 Å². The van der Waals surface area contributed by atoms with Crippen LogP contribution < -0.4 is 10.2 Å². The zero-order valence-corrected chi connectivity index (χ0v) is 21.3. The van der Waals surface area contributed by atoms with Gasteiger partial charge in [0.2, 0.25) is 0 Å². The number of H-pyrrole nitrogens is 1. The van der Waals surface area contributed by atoms with Crippen LogP contribution in [0.25, 0.3) is 5.70 Å². The van der Waals surface area contributed by atoms with Crippen molar-refractivity contribution in [1.29, 1.82) is 0 Å². The second-order valence-corrected chi connectivity index (χ2v) is 9.39. The number of halogens is 1. The van der Waals surface area contributed by atoms with Gasteiger partial charge in [0, 0.05) is 19.2 Å². The number of aromatic amines is 1. The summed E-state index contributed by atoms with van der Waals surface area (Å²) in [5.74, 6) is 1.32. The summed E-state index contributed by atoms with van der Waals surface area (Å²) in [5, 5.41) is 11.2. The lowest BCUT2D eigenvalue weighted by Gasteiger charge is -2.29. The summed E-state index contributed by atoms with van der Waals surface area (Å²) in [6.45, 7) is 7.51. The zero-order valence-electron chi connectivity index (χ0n) is 19.7. The number of aryl methyl sites for hydroxylation is 1. The van der Waals surface area contributed by atoms with Crippen molar-refractivity contribution >= 4 is 33.4 Å². The summed E-state index contributed by atoms with van der Waals surface area (Å²) in [6, 6.07) is 7.76. The Balaban J connectivity index is 1.70. The minimum Gasteiger partial charge on any atom is -0.384 e. The Labute approximate surface area is 200 Å². The summed E-state index contributed by atoms with van der Waals surface area (Å²) < 4.78 is 0.800. The van der Waals surface area contributed by atoms with E-state index in [2.05, 4.69) is 63.3 Å². The lowest BCUT2D eigenvalue weighted by molar-refractivity contribution is 0.0991. The first kappa shape index (κ1) is 24.5. The van der Waals surface area contributed by atoms with Gasteiger partial charge in [-0.3, -0.25) is 14.8 Å². The lowest BCUT2D eigenvalue weighted by Crippen LogP contribution is -2.31. The van der Waals surface area contributed by atoms with Gasteiger partial charge in [0.25, 0.3) is 5.91 Å². The summed E-state index contributed by atoms with van der Waals surface area (Å²) in [7, 11) is 3.97. The van der Waals surface area contributed by atoms with Gasteiger partial charge in [0.15, 0.2) is 5.82 Å². The monoisotopic (exact) mass is 501 g/mol. The van der Waals surface area contributed by atoms with Gasteiger partial charge in [-0.05, 0) is 85.7 Å². The molecule has 32 heavy (non-hydrogen) atoms. The van der Waals surface area contributed by atoms with E-state index < -0.39 is 0 Å². The molecule has 2 heterocycles. The van der Waals surface area contributed by atoms with E-state index >= 15 is 0 Å². The Bertz CT molecular complexity index is 930. The minimum absolute atomic E-state index is 0.0579. The zero-order chi connectivity index (χ0) is 23.1. The van der Waals surface area contributed by atoms with E-state index in [0.29, 0.717) is 5.82 Å². The summed E-state index contributed by atoms with van der Waals surface area (Å²) >= 11 is 3.70. The number of piperidine rings is 1. The van der Waals surface area contributed by atoms with Crippen LogP contribution >= 0.6 is 15.9 Å². The maximum absolute atomic E-state index is 13.2. The van der Waals surface area contributed by atoms with Crippen LogP contribution in [0, 0.1) is 5.92 Å². The van der Waals surface area contributed by atoms with E-state index in [0.717, 1.165) is 52.3 Å². The third-order valence-corrected chi connectivity index (χ3v) is 7.08. The van der Waals surface area contributed by atoms with Crippen LogP contribution in [0.2, 0.25) is 0 Å². The maximum Gasteiger partial charge on any atom is 0.259 e. The first-order valence-electron chi connectivity index (χ1n) is 11.7. The second kappa shape index (κ2) is 11.7. The third kappa shape index (κ3) is 5.81. The fraction of sp³-hybridized carbons (Fsp3) is 0.520. The van der Waals surface area contributed by atoms with Crippen molar-refractivity contribution in [2.24, 2.45) is 5.92 Å². The van der Waals surface area contributed by atoms with Gasteiger partial charge in [-0.2, -0.15) is 5.10 Å². The van der Waals surface area contributed by atoms with Crippen LogP contribution in [0.3, 0.4) is 0 Å². The number of likely N-dealkylation sites (tertiary alicyclic amines) is 1. The van der Waals surface area contributed by atoms with Gasteiger partial charge in [0.1, 0.15) is 0 Å². The molecule has 7 heteroatoms. The number of amides is 1. The van der Waals surface area contributed by atoms with Crippen molar-refractivity contribution in [1.82, 2.24) is 20.4 Å². The number of hydrogen-bond donors (Lipinski definition) is 2. The van der Waals surface area contributed by atoms with E-state index in [9.17, 15) is 4.79 Å². The lowest BCUT2D eigenvalue weighted by atomic mass is 9.94. The molecule has 6 nitrogen and oxygen atoms in total. The van der Waals surface area contributed by atoms with Crippen LogP contribution in [0.15, 0.2) is 34.8 Å². The molecule has 1 aromatic carbocycles. The number of carbonyl (C=O) groups excluding carboxylic acids is 1. The molecule has 0 unspecified atom stereocenters. The molecular weight excluding hydrogens is 466 g/mol. The molecule has 174 valence electrons. The molecule has 0 aliphatic carbocycles. The van der Waals surface area contributed by atoms with Crippen molar-refractivity contribution in [3.63, 3.8) is 0 Å². The molecular formula is C25H36BrN5O. The van der Waals surface area contributed by atoms with Gasteiger partial charge in [-0.25, -0.2) is 0 Å². The van der Waals surface area contributed by atoms with Crippen molar-refractivity contribution in [2.75, 3.05) is 38.6 Å². The average molecular weight is 503 g/mol. The number of nitrogens with zero attached hydrogens (tertiary/aromatic N) is 3. The highest BCUT2D eigenvalue weighted by atomic mass is 79.9. The summed E-state index contributed by atoms with van der Waals surface area (Å²) in [5.41, 5.74) is 3.67. The first-order chi connectivity index (χ1) is 15.5. The molecule has 1 fully saturated rings. The summed E-state index contributed by atoms with van der Waals surface area (Å²) in [4.78, 5) is 17.2. The van der Waals surface area contributed by atoms with Gasteiger partial charge in [-0.1, -0.05) is 38.1 Å². The van der Waals surface area contributed by atoms with E-state index in [1.807, 2.05) is 24.3 Å². The highest BCUT2D eigenvalue weighted by Gasteiger charge is 2.23. The standard InChI is InChI=1S/C25H36BrN5O/c1-5-9-21(27-15-12-18-13-16-30(3)17-14-18)23-22(26)24(29-28-23)31(4)25(32)20-11-8-7-10-19(20)6-2/h7-11,18,27H,5-6,12-17H2,1-4H3,(H,28,29)/b21-9+. The van der Waals surface area contributed by atoms with Gasteiger partial charge < -0.3 is 10.2 Å². The highest BCUT2D eigenvalue weighted by molar-refractivity contribution is 9.10. The Morgan fingerprint density at radius 2 is 2.03 bits per heavy atom. The topological polar surface area (TPSA) is 64.3 Å². The molecule has 1 aliphatic rings. The third-order valence-electron chi connectivity index (χ3n) is 6.32. The molecule has 1 saturated heterocycles. The van der Waals surface area contributed by atoms with Crippen LogP contribution in [-0.4, -0.2) is 54.7 Å². The SMILES string of the molecule is CC/C=C(/NCCC1CCN(C)CC1)c1[nH]nc(N(C)C(=O)c2ccccc2CC)c1Br. The predicted molar refractivity (Wildman–Crippen MR) is 136 cm³/mol. The number of anilines is 1. The quantitative estimate of drug-likeness (QED) is 0.502. The summed E-state index contributed by atoms with van der Waals surface area (Å²) in [6.07, 6.45) is 7.61. The molecule has 0 saturated carbocycles. The maximum atomic E-state index is 13.2. The predicted octanol–water partition coefficient (Wildman–Crippen LogP) is 5.08. The molecule has 1 aliphatic heterocycles. The molecule has 0 atom stereocenters. The number of aromatic nitrogens is 2. The van der Waals surface area contributed by atoms with Gasteiger partial charge >= 0.3 is 0 Å². The van der Waals surface area contributed by atoms with Crippen molar-refractivity contribution in [3.8, 4) is 0 Å². The van der Waals surface area contributed by atoms with E-state index in [1.54, 1.807) is 11.9 Å². The van der Waals surface area contributed by atoms with Crippen LogP contribution in [0.5, 0.6) is 0 Å². The van der Waals surface area contributed by atoms with Gasteiger partial charge in [0.05, 0.1) is 15.9 Å². The molecule has 1 aromatic heterocycles. The van der Waals surface area contributed by atoms with E-state index in [4.69, 9.17) is 0 Å². The molecule has 0 bridgehead atoms. The molecule has 0 spiro atoms. The second-order valence-electron chi connectivity index (χ2n) is 8.60.